The second-order valence-electron chi connectivity index (χ2n) is 8.40. The second kappa shape index (κ2) is 9.02. The molecule has 0 saturated heterocycles. The molecule has 1 amide bonds. The topological polar surface area (TPSA) is 57.2 Å². The lowest BCUT2D eigenvalue weighted by molar-refractivity contribution is -0.123. The fourth-order valence-electron chi connectivity index (χ4n) is 3.49. The van der Waals surface area contributed by atoms with Crippen molar-refractivity contribution in [1.29, 1.82) is 0 Å². The summed E-state index contributed by atoms with van der Waals surface area (Å²) in [6.45, 7) is 6.29. The first-order valence-corrected chi connectivity index (χ1v) is 10.5. The van der Waals surface area contributed by atoms with E-state index in [-0.39, 0.29) is 18.1 Å². The minimum absolute atomic E-state index is 0.0872. The molecule has 0 unspecified atom stereocenters. The third-order valence-electron chi connectivity index (χ3n) is 5.43. The Morgan fingerprint density at radius 3 is 2.74 bits per heavy atom. The Balaban J connectivity index is 1.64. The Morgan fingerprint density at radius 2 is 2.03 bits per heavy atom. The predicted molar refractivity (Wildman–Crippen MR) is 130 cm³/mol. The number of benzene rings is 2. The maximum Gasteiger partial charge on any atom is 0.277 e. The number of hydrazone groups is 1. The Bertz CT molecular complexity index is 1040. The number of hydrogen-bond donors (Lipinski definition) is 1. The molecule has 1 aliphatic heterocycles. The number of nitrogens with zero attached hydrogens (tertiary/aromatic N) is 3. The SMILES string of the molecule is CC1=CC(C)(C)N(C)c2cc(Cl)c(/C=N/NC(=O)COc3cccc(N(C)C)c3)cc21. The number of rotatable bonds is 6. The number of fused-ring (bicyclic) bond motifs is 1. The van der Waals surface area contributed by atoms with Crippen LogP contribution in [0.4, 0.5) is 11.4 Å². The van der Waals surface area contributed by atoms with Gasteiger partial charge in [-0.3, -0.25) is 4.79 Å². The van der Waals surface area contributed by atoms with Crippen LogP contribution >= 0.6 is 11.6 Å². The van der Waals surface area contributed by atoms with Gasteiger partial charge in [0.1, 0.15) is 5.75 Å². The van der Waals surface area contributed by atoms with Crippen molar-refractivity contribution < 1.29 is 9.53 Å². The monoisotopic (exact) mass is 440 g/mol. The van der Waals surface area contributed by atoms with Crippen molar-refractivity contribution in [1.82, 2.24) is 5.43 Å². The highest BCUT2D eigenvalue weighted by molar-refractivity contribution is 6.33. The van der Waals surface area contributed by atoms with Crippen LogP contribution in [0.15, 0.2) is 47.6 Å². The summed E-state index contributed by atoms with van der Waals surface area (Å²) in [5, 5.41) is 4.63. The molecular weight excluding hydrogens is 412 g/mol. The molecule has 3 rings (SSSR count). The van der Waals surface area contributed by atoms with Crippen molar-refractivity contribution in [2.24, 2.45) is 5.10 Å². The highest BCUT2D eigenvalue weighted by atomic mass is 35.5. The van der Waals surface area contributed by atoms with E-state index in [0.29, 0.717) is 10.8 Å². The van der Waals surface area contributed by atoms with Gasteiger partial charge in [0.05, 0.1) is 16.8 Å². The molecule has 0 fully saturated rings. The molecule has 0 aromatic heterocycles. The van der Waals surface area contributed by atoms with E-state index in [9.17, 15) is 4.79 Å². The van der Waals surface area contributed by atoms with Crippen LogP contribution in [0.25, 0.3) is 5.57 Å². The summed E-state index contributed by atoms with van der Waals surface area (Å²) in [6.07, 6.45) is 3.79. The van der Waals surface area contributed by atoms with Crippen molar-refractivity contribution in [3.63, 3.8) is 0 Å². The first-order chi connectivity index (χ1) is 14.6. The zero-order chi connectivity index (χ0) is 22.8. The summed E-state index contributed by atoms with van der Waals surface area (Å²) in [7, 11) is 5.95. The first kappa shape index (κ1) is 22.7. The van der Waals surface area contributed by atoms with Gasteiger partial charge in [-0.25, -0.2) is 5.43 Å². The highest BCUT2D eigenvalue weighted by Crippen LogP contribution is 2.40. The fraction of sp³-hybridized carbons (Fsp3) is 0.333. The lowest BCUT2D eigenvalue weighted by Crippen LogP contribution is -2.42. The highest BCUT2D eigenvalue weighted by Gasteiger charge is 2.29. The normalized spacial score (nSPS) is 14.8. The number of halogens is 1. The van der Waals surface area contributed by atoms with Gasteiger partial charge in [0.25, 0.3) is 5.91 Å². The standard InChI is InChI=1S/C24H29ClN4O2/c1-16-13-24(2,3)29(6)22-12-21(25)17(10-20(16)22)14-26-27-23(30)15-31-19-9-7-8-18(11-19)28(4)5/h7-14H,15H2,1-6H3,(H,27,30)/b26-14+. The summed E-state index contributed by atoms with van der Waals surface area (Å²) in [6, 6.07) is 11.5. The number of hydrogen-bond acceptors (Lipinski definition) is 5. The van der Waals surface area contributed by atoms with Gasteiger partial charge in [-0.1, -0.05) is 23.7 Å². The third-order valence-corrected chi connectivity index (χ3v) is 5.76. The Kier molecular flexibility index (Phi) is 6.60. The van der Waals surface area contributed by atoms with Crippen molar-refractivity contribution in [3.05, 3.63) is 58.6 Å². The lowest BCUT2D eigenvalue weighted by Gasteiger charge is -2.40. The van der Waals surface area contributed by atoms with Crippen LogP contribution in [0.2, 0.25) is 5.02 Å². The van der Waals surface area contributed by atoms with E-state index < -0.39 is 0 Å². The van der Waals surface area contributed by atoms with E-state index in [4.69, 9.17) is 16.3 Å². The zero-order valence-corrected chi connectivity index (χ0v) is 19.6. The molecule has 2 aromatic rings. The van der Waals surface area contributed by atoms with Gasteiger partial charge >= 0.3 is 0 Å². The van der Waals surface area contributed by atoms with E-state index in [2.05, 4.69) is 49.3 Å². The Hall–Kier alpha value is -2.99. The van der Waals surface area contributed by atoms with Crippen molar-refractivity contribution in [3.8, 4) is 5.75 Å². The van der Waals surface area contributed by atoms with Gasteiger partial charge in [-0.05, 0) is 50.6 Å². The number of anilines is 2. The minimum atomic E-state index is -0.349. The third kappa shape index (κ3) is 5.20. The Labute approximate surface area is 189 Å². The lowest BCUT2D eigenvalue weighted by atomic mass is 9.88. The number of carbonyl (C=O) groups is 1. The molecule has 0 bridgehead atoms. The van der Waals surface area contributed by atoms with Gasteiger partial charge < -0.3 is 14.5 Å². The van der Waals surface area contributed by atoms with Crippen LogP contribution < -0.4 is 20.0 Å². The van der Waals surface area contributed by atoms with Gasteiger partial charge in [-0.2, -0.15) is 5.10 Å². The second-order valence-corrected chi connectivity index (χ2v) is 8.81. The average Bonchev–Trinajstić information content (AvgIpc) is 2.71. The summed E-state index contributed by atoms with van der Waals surface area (Å²) >= 11 is 6.49. The van der Waals surface area contributed by atoms with E-state index >= 15 is 0 Å². The molecule has 0 aliphatic carbocycles. The van der Waals surface area contributed by atoms with Crippen molar-refractivity contribution >= 4 is 40.7 Å². The smallest absolute Gasteiger partial charge is 0.277 e. The maximum absolute atomic E-state index is 12.1. The molecule has 0 radical (unpaired) electrons. The van der Waals surface area contributed by atoms with Crippen LogP contribution in [0.1, 0.15) is 31.9 Å². The number of ether oxygens (including phenoxy) is 1. The van der Waals surface area contributed by atoms with E-state index in [1.807, 2.05) is 55.4 Å². The van der Waals surface area contributed by atoms with Crippen molar-refractivity contribution in [2.45, 2.75) is 26.3 Å². The molecule has 1 aliphatic rings. The summed E-state index contributed by atoms with van der Waals surface area (Å²) < 4.78 is 5.55. The molecule has 0 spiro atoms. The summed E-state index contributed by atoms with van der Waals surface area (Å²) in [4.78, 5) is 16.3. The average molecular weight is 441 g/mol. The van der Waals surface area contributed by atoms with Gasteiger partial charge in [0.15, 0.2) is 6.61 Å². The van der Waals surface area contributed by atoms with Crippen LogP contribution in [0, 0.1) is 0 Å². The number of amides is 1. The quantitative estimate of drug-likeness (QED) is 0.528. The maximum atomic E-state index is 12.1. The van der Waals surface area contributed by atoms with E-state index in [1.54, 1.807) is 6.21 Å². The molecule has 6 nitrogen and oxygen atoms in total. The number of carbonyl (C=O) groups excluding carboxylic acids is 1. The van der Waals surface area contributed by atoms with Crippen LogP contribution in [-0.2, 0) is 4.79 Å². The molecule has 7 heteroatoms. The summed E-state index contributed by atoms with van der Waals surface area (Å²) in [5.74, 6) is 0.274. The largest absolute Gasteiger partial charge is 0.484 e. The summed E-state index contributed by atoms with van der Waals surface area (Å²) in [5.41, 5.74) is 7.49. The Morgan fingerprint density at radius 1 is 1.29 bits per heavy atom. The van der Waals surface area contributed by atoms with Crippen LogP contribution in [-0.4, -0.2) is 45.4 Å². The van der Waals surface area contributed by atoms with E-state index in [1.165, 1.54) is 5.57 Å². The fourth-order valence-corrected chi connectivity index (χ4v) is 3.70. The molecule has 164 valence electrons. The molecule has 1 N–H and O–H groups in total. The molecular formula is C24H29ClN4O2. The minimum Gasteiger partial charge on any atom is -0.484 e. The predicted octanol–water partition coefficient (Wildman–Crippen LogP) is 4.57. The number of allylic oxidation sites excluding steroid dienone is 1. The molecule has 2 aromatic carbocycles. The van der Waals surface area contributed by atoms with E-state index in [0.717, 1.165) is 22.5 Å². The van der Waals surface area contributed by atoms with Gasteiger partial charge in [0, 0.05) is 49.7 Å². The van der Waals surface area contributed by atoms with Crippen molar-refractivity contribution in [2.75, 3.05) is 37.5 Å². The molecule has 1 heterocycles. The van der Waals surface area contributed by atoms with Gasteiger partial charge in [-0.15, -0.1) is 0 Å². The van der Waals surface area contributed by atoms with Gasteiger partial charge in [0.2, 0.25) is 0 Å². The first-order valence-electron chi connectivity index (χ1n) is 10.1. The molecule has 31 heavy (non-hydrogen) atoms. The number of nitrogens with one attached hydrogen (secondary N) is 1. The number of likely N-dealkylation sites (N-methyl/N-ethyl adjacent to an activating group) is 1. The van der Waals surface area contributed by atoms with Crippen LogP contribution in [0.5, 0.6) is 5.75 Å². The van der Waals surface area contributed by atoms with Crippen LogP contribution in [0.3, 0.4) is 0 Å². The molecule has 0 saturated carbocycles. The molecule has 0 atom stereocenters. The zero-order valence-electron chi connectivity index (χ0n) is 18.9.